The van der Waals surface area contributed by atoms with Crippen LogP contribution in [-0.4, -0.2) is 15.3 Å². The zero-order valence-electron chi connectivity index (χ0n) is 18.4. The molecule has 3 nitrogen and oxygen atoms in total. The number of phenols is 3. The van der Waals surface area contributed by atoms with E-state index in [1.54, 1.807) is 12.1 Å². The van der Waals surface area contributed by atoms with Crippen molar-refractivity contribution in [3.05, 3.63) is 88.5 Å². The summed E-state index contributed by atoms with van der Waals surface area (Å²) in [6.45, 7) is 4.14. The minimum absolute atomic E-state index is 0.136. The smallest absolute Gasteiger partial charge is 0.118 e. The van der Waals surface area contributed by atoms with Crippen LogP contribution in [0.2, 0.25) is 0 Å². The third kappa shape index (κ3) is 4.01. The first-order valence-electron chi connectivity index (χ1n) is 11.4. The van der Waals surface area contributed by atoms with Crippen LogP contribution in [0, 0.1) is 0 Å². The Morgan fingerprint density at radius 1 is 0.710 bits per heavy atom. The van der Waals surface area contributed by atoms with Gasteiger partial charge >= 0.3 is 0 Å². The Hall–Kier alpha value is -2.94. The Balaban J connectivity index is 1.75. The maximum Gasteiger partial charge on any atom is 0.118 e. The molecule has 4 rings (SSSR count). The largest absolute Gasteiger partial charge is 0.508 e. The molecule has 0 unspecified atom stereocenters. The van der Waals surface area contributed by atoms with Crippen molar-refractivity contribution in [2.75, 3.05) is 0 Å². The van der Waals surface area contributed by atoms with Crippen molar-refractivity contribution in [1.29, 1.82) is 0 Å². The molecule has 3 N–H and O–H groups in total. The fourth-order valence-electron chi connectivity index (χ4n) is 5.27. The number of benzene rings is 3. The molecule has 0 heterocycles. The van der Waals surface area contributed by atoms with Crippen LogP contribution in [0.4, 0.5) is 0 Å². The van der Waals surface area contributed by atoms with Crippen LogP contribution in [0.15, 0.2) is 60.7 Å². The van der Waals surface area contributed by atoms with Crippen molar-refractivity contribution in [3.8, 4) is 17.2 Å². The second kappa shape index (κ2) is 8.66. The zero-order chi connectivity index (χ0) is 22.0. The van der Waals surface area contributed by atoms with Gasteiger partial charge in [0.15, 0.2) is 0 Å². The first kappa shape index (κ1) is 21.3. The molecule has 1 aliphatic rings. The molecule has 31 heavy (non-hydrogen) atoms. The van der Waals surface area contributed by atoms with Gasteiger partial charge in [-0.3, -0.25) is 0 Å². The summed E-state index contributed by atoms with van der Waals surface area (Å²) in [6.07, 6.45) is 5.69. The van der Waals surface area contributed by atoms with E-state index >= 15 is 0 Å². The highest BCUT2D eigenvalue weighted by Crippen LogP contribution is 2.50. The third-order valence-electron chi connectivity index (χ3n) is 7.23. The summed E-state index contributed by atoms with van der Waals surface area (Å²) in [5, 5.41) is 30.2. The molecule has 1 aliphatic carbocycles. The van der Waals surface area contributed by atoms with Crippen LogP contribution < -0.4 is 0 Å². The number of hydrogen-bond acceptors (Lipinski definition) is 3. The summed E-state index contributed by atoms with van der Waals surface area (Å²) in [5.74, 6) is 1.50. The van der Waals surface area contributed by atoms with E-state index in [0.717, 1.165) is 49.7 Å². The highest BCUT2D eigenvalue weighted by Gasteiger charge is 2.39. The minimum atomic E-state index is -0.136. The fourth-order valence-corrected chi connectivity index (χ4v) is 5.27. The molecular formula is C28H32O3. The predicted molar refractivity (Wildman–Crippen MR) is 125 cm³/mol. The van der Waals surface area contributed by atoms with Crippen LogP contribution >= 0.6 is 0 Å². The Morgan fingerprint density at radius 2 is 1.19 bits per heavy atom. The Morgan fingerprint density at radius 3 is 1.65 bits per heavy atom. The van der Waals surface area contributed by atoms with Crippen molar-refractivity contribution >= 4 is 0 Å². The number of phenolic OH excluding ortho intramolecular Hbond substituents is 3. The standard InChI is InChI=1S/C28H32O3/c1-3-19-17-23(7-11-26(19)30)28(24-8-12-27(31)20(4-2)18-24)15-13-22(14-16-28)21-5-9-25(29)10-6-21/h5-12,17-18,22,29-31H,3-4,13-16H2,1-2H3. The number of rotatable bonds is 5. The maximum absolute atomic E-state index is 10.3. The molecule has 162 valence electrons. The van der Waals surface area contributed by atoms with Crippen LogP contribution in [0.1, 0.15) is 73.3 Å². The second-order valence-corrected chi connectivity index (χ2v) is 8.84. The van der Waals surface area contributed by atoms with Gasteiger partial charge in [0.05, 0.1) is 0 Å². The molecule has 0 saturated heterocycles. The lowest BCUT2D eigenvalue weighted by Gasteiger charge is -2.42. The van der Waals surface area contributed by atoms with Gasteiger partial charge in [-0.2, -0.15) is 0 Å². The maximum atomic E-state index is 10.3. The highest BCUT2D eigenvalue weighted by atomic mass is 16.3. The van der Waals surface area contributed by atoms with Crippen LogP contribution in [0.25, 0.3) is 0 Å². The Kier molecular flexibility index (Phi) is 5.95. The van der Waals surface area contributed by atoms with E-state index in [9.17, 15) is 15.3 Å². The van der Waals surface area contributed by atoms with Crippen LogP contribution in [-0.2, 0) is 18.3 Å². The van der Waals surface area contributed by atoms with E-state index in [1.807, 2.05) is 24.3 Å². The molecule has 1 saturated carbocycles. The molecule has 3 aromatic carbocycles. The molecule has 0 atom stereocenters. The minimum Gasteiger partial charge on any atom is -0.508 e. The third-order valence-corrected chi connectivity index (χ3v) is 7.23. The Bertz CT molecular complexity index is 989. The van der Waals surface area contributed by atoms with E-state index in [2.05, 4.69) is 38.1 Å². The summed E-state index contributed by atoms with van der Waals surface area (Å²) in [5.41, 5.74) is 5.60. The molecular weight excluding hydrogens is 384 g/mol. The molecule has 0 radical (unpaired) electrons. The molecule has 0 bridgehead atoms. The van der Waals surface area contributed by atoms with E-state index in [0.29, 0.717) is 23.2 Å². The van der Waals surface area contributed by atoms with Gasteiger partial charge < -0.3 is 15.3 Å². The predicted octanol–water partition coefficient (Wildman–Crippen LogP) is 6.57. The lowest BCUT2D eigenvalue weighted by molar-refractivity contribution is 0.314. The van der Waals surface area contributed by atoms with Crippen molar-refractivity contribution in [2.45, 2.75) is 63.7 Å². The summed E-state index contributed by atoms with van der Waals surface area (Å²) in [4.78, 5) is 0. The first-order chi connectivity index (χ1) is 15.0. The first-order valence-corrected chi connectivity index (χ1v) is 11.4. The monoisotopic (exact) mass is 416 g/mol. The number of aromatic hydroxyl groups is 3. The summed E-state index contributed by atoms with van der Waals surface area (Å²) >= 11 is 0. The quantitative estimate of drug-likeness (QED) is 0.441. The van der Waals surface area contributed by atoms with Gasteiger partial charge in [-0.1, -0.05) is 50.2 Å². The van der Waals surface area contributed by atoms with Gasteiger partial charge in [-0.05, 0) is 96.5 Å². The highest BCUT2D eigenvalue weighted by molar-refractivity contribution is 5.49. The van der Waals surface area contributed by atoms with Gasteiger partial charge in [0.2, 0.25) is 0 Å². The fraction of sp³-hybridized carbons (Fsp3) is 0.357. The van der Waals surface area contributed by atoms with Crippen molar-refractivity contribution in [2.24, 2.45) is 0 Å². The molecule has 3 heteroatoms. The SMILES string of the molecule is CCc1cc(C2(c3ccc(O)c(CC)c3)CCC(c3ccc(O)cc3)CC2)ccc1O. The van der Waals surface area contributed by atoms with Gasteiger partial charge in [0, 0.05) is 5.41 Å². The molecule has 0 amide bonds. The lowest BCUT2D eigenvalue weighted by Crippen LogP contribution is -2.33. The average Bonchev–Trinajstić information content (AvgIpc) is 2.80. The van der Waals surface area contributed by atoms with Gasteiger partial charge in [-0.25, -0.2) is 0 Å². The molecule has 0 spiro atoms. The molecule has 0 aliphatic heterocycles. The summed E-state index contributed by atoms with van der Waals surface area (Å²) in [7, 11) is 0. The topological polar surface area (TPSA) is 60.7 Å². The van der Waals surface area contributed by atoms with Gasteiger partial charge in [-0.15, -0.1) is 0 Å². The van der Waals surface area contributed by atoms with Crippen LogP contribution in [0.3, 0.4) is 0 Å². The Labute approximate surface area is 185 Å². The van der Waals surface area contributed by atoms with E-state index in [1.165, 1.54) is 16.7 Å². The van der Waals surface area contributed by atoms with E-state index in [4.69, 9.17) is 0 Å². The van der Waals surface area contributed by atoms with Gasteiger partial charge in [0.1, 0.15) is 17.2 Å². The van der Waals surface area contributed by atoms with E-state index < -0.39 is 0 Å². The van der Waals surface area contributed by atoms with E-state index in [-0.39, 0.29) is 5.41 Å². The summed E-state index contributed by atoms with van der Waals surface area (Å²) in [6, 6.07) is 19.8. The van der Waals surface area contributed by atoms with Crippen molar-refractivity contribution in [1.82, 2.24) is 0 Å². The normalized spacial score (nSPS) is 16.3. The molecule has 3 aromatic rings. The van der Waals surface area contributed by atoms with Gasteiger partial charge in [0.25, 0.3) is 0 Å². The number of aryl methyl sites for hydroxylation is 2. The molecule has 1 fully saturated rings. The average molecular weight is 417 g/mol. The zero-order valence-corrected chi connectivity index (χ0v) is 18.4. The second-order valence-electron chi connectivity index (χ2n) is 8.84. The molecule has 0 aromatic heterocycles. The van der Waals surface area contributed by atoms with Crippen molar-refractivity contribution in [3.63, 3.8) is 0 Å². The summed E-state index contributed by atoms with van der Waals surface area (Å²) < 4.78 is 0. The lowest BCUT2D eigenvalue weighted by atomic mass is 9.62. The van der Waals surface area contributed by atoms with Crippen molar-refractivity contribution < 1.29 is 15.3 Å². The number of hydrogen-bond donors (Lipinski definition) is 3. The van der Waals surface area contributed by atoms with Crippen LogP contribution in [0.5, 0.6) is 17.2 Å².